The summed E-state index contributed by atoms with van der Waals surface area (Å²) in [6, 6.07) is 7.13. The number of hydrogen-bond acceptors (Lipinski definition) is 3. The van der Waals surface area contributed by atoms with Gasteiger partial charge in [-0.1, -0.05) is 25.5 Å². The minimum atomic E-state index is -0.901. The molecule has 0 atom stereocenters. The molecule has 1 saturated heterocycles. The molecule has 1 heterocycles. The van der Waals surface area contributed by atoms with Crippen molar-refractivity contribution in [1.29, 1.82) is 0 Å². The van der Waals surface area contributed by atoms with Crippen LogP contribution in [0, 0.1) is 5.41 Å². The molecule has 0 aliphatic carbocycles. The van der Waals surface area contributed by atoms with E-state index in [0.717, 1.165) is 31.2 Å². The molecule has 0 spiro atoms. The molecular formula is C20H29NO4. The Labute approximate surface area is 150 Å². The summed E-state index contributed by atoms with van der Waals surface area (Å²) in [6.45, 7) is 9.24. The lowest BCUT2D eigenvalue weighted by atomic mass is 9.72. The van der Waals surface area contributed by atoms with Crippen LogP contribution in [0.4, 0.5) is 4.79 Å². The summed E-state index contributed by atoms with van der Waals surface area (Å²) in [7, 11) is 0. The molecule has 1 aromatic carbocycles. The van der Waals surface area contributed by atoms with Crippen LogP contribution in [0.15, 0.2) is 24.3 Å². The Bertz CT molecular complexity index is 608. The summed E-state index contributed by atoms with van der Waals surface area (Å²) >= 11 is 0. The van der Waals surface area contributed by atoms with Crippen LogP contribution >= 0.6 is 0 Å². The van der Waals surface area contributed by atoms with Gasteiger partial charge in [0.05, 0.1) is 5.56 Å². The van der Waals surface area contributed by atoms with Crippen LogP contribution in [0.25, 0.3) is 0 Å². The third-order valence-electron chi connectivity index (χ3n) is 5.01. The molecule has 138 valence electrons. The number of amides is 1. The number of nitrogens with zero attached hydrogens (tertiary/aromatic N) is 1. The van der Waals surface area contributed by atoms with E-state index in [0.29, 0.717) is 18.7 Å². The molecule has 1 fully saturated rings. The SMILES string of the molecule is CCC1(Cc2ccc(C(=O)O)cc2)CCN(C(=O)OC(C)(C)C)CC1. The maximum atomic E-state index is 12.2. The molecule has 0 saturated carbocycles. The average molecular weight is 347 g/mol. The fraction of sp³-hybridized carbons (Fsp3) is 0.600. The second kappa shape index (κ2) is 7.46. The monoisotopic (exact) mass is 347 g/mol. The third kappa shape index (κ3) is 5.21. The van der Waals surface area contributed by atoms with E-state index >= 15 is 0 Å². The first-order chi connectivity index (χ1) is 11.6. The fourth-order valence-electron chi connectivity index (χ4n) is 3.34. The second-order valence-corrected chi connectivity index (χ2v) is 8.00. The van der Waals surface area contributed by atoms with Crippen molar-refractivity contribution in [3.63, 3.8) is 0 Å². The lowest BCUT2D eigenvalue weighted by Crippen LogP contribution is -2.45. The van der Waals surface area contributed by atoms with Crippen molar-refractivity contribution in [2.45, 2.75) is 59.0 Å². The van der Waals surface area contributed by atoms with Crippen molar-refractivity contribution < 1.29 is 19.4 Å². The smallest absolute Gasteiger partial charge is 0.410 e. The fourth-order valence-corrected chi connectivity index (χ4v) is 3.34. The minimum Gasteiger partial charge on any atom is -0.478 e. The first kappa shape index (κ1) is 19.3. The van der Waals surface area contributed by atoms with Crippen molar-refractivity contribution in [3.8, 4) is 0 Å². The molecule has 1 aliphatic rings. The summed E-state index contributed by atoms with van der Waals surface area (Å²) in [4.78, 5) is 25.0. The van der Waals surface area contributed by atoms with Crippen molar-refractivity contribution in [3.05, 3.63) is 35.4 Å². The quantitative estimate of drug-likeness (QED) is 0.879. The number of likely N-dealkylation sites (tertiary alicyclic amines) is 1. The number of ether oxygens (including phenoxy) is 1. The van der Waals surface area contributed by atoms with Gasteiger partial charge in [-0.15, -0.1) is 0 Å². The lowest BCUT2D eigenvalue weighted by Gasteiger charge is -2.41. The molecule has 1 amide bonds. The molecule has 0 unspecified atom stereocenters. The van der Waals surface area contributed by atoms with Gasteiger partial charge >= 0.3 is 12.1 Å². The van der Waals surface area contributed by atoms with Crippen LogP contribution in [-0.2, 0) is 11.2 Å². The maximum absolute atomic E-state index is 12.2. The lowest BCUT2D eigenvalue weighted by molar-refractivity contribution is 0.00943. The van der Waals surface area contributed by atoms with Crippen molar-refractivity contribution in [2.24, 2.45) is 5.41 Å². The highest BCUT2D eigenvalue weighted by atomic mass is 16.6. The standard InChI is InChI=1S/C20H29NO4/c1-5-20(14-15-6-8-16(9-7-15)17(22)23)10-12-21(13-11-20)18(24)25-19(2,3)4/h6-9H,5,10-14H2,1-4H3,(H,22,23). The Hall–Kier alpha value is -2.04. The Morgan fingerprint density at radius 3 is 2.16 bits per heavy atom. The number of rotatable bonds is 4. The number of aromatic carboxylic acids is 1. The zero-order valence-corrected chi connectivity index (χ0v) is 15.7. The van der Waals surface area contributed by atoms with Crippen molar-refractivity contribution in [1.82, 2.24) is 4.90 Å². The molecule has 0 aromatic heterocycles. The summed E-state index contributed by atoms with van der Waals surface area (Å²) in [6.07, 6.45) is 3.58. The van der Waals surface area contributed by atoms with Crippen LogP contribution < -0.4 is 0 Å². The highest BCUT2D eigenvalue weighted by molar-refractivity contribution is 5.87. The number of piperidine rings is 1. The number of carbonyl (C=O) groups excluding carboxylic acids is 1. The Morgan fingerprint density at radius 2 is 1.72 bits per heavy atom. The molecule has 2 rings (SSSR count). The van der Waals surface area contributed by atoms with Crippen LogP contribution in [0.3, 0.4) is 0 Å². The summed E-state index contributed by atoms with van der Waals surface area (Å²) in [5, 5.41) is 9.01. The van der Waals surface area contributed by atoms with E-state index in [1.807, 2.05) is 32.9 Å². The van der Waals surface area contributed by atoms with Gasteiger partial charge in [-0.25, -0.2) is 9.59 Å². The van der Waals surface area contributed by atoms with Gasteiger partial charge in [0, 0.05) is 13.1 Å². The number of benzene rings is 1. The third-order valence-corrected chi connectivity index (χ3v) is 5.01. The maximum Gasteiger partial charge on any atom is 0.410 e. The van der Waals surface area contributed by atoms with E-state index in [-0.39, 0.29) is 11.5 Å². The highest BCUT2D eigenvalue weighted by Gasteiger charge is 2.35. The van der Waals surface area contributed by atoms with Crippen molar-refractivity contribution in [2.75, 3.05) is 13.1 Å². The van der Waals surface area contributed by atoms with Gasteiger partial charge in [0.15, 0.2) is 0 Å². The van der Waals surface area contributed by atoms with E-state index in [1.54, 1.807) is 17.0 Å². The minimum absolute atomic E-state index is 0.156. The van der Waals surface area contributed by atoms with E-state index < -0.39 is 11.6 Å². The first-order valence-corrected chi connectivity index (χ1v) is 8.94. The zero-order valence-electron chi connectivity index (χ0n) is 15.7. The van der Waals surface area contributed by atoms with Gasteiger partial charge in [0.1, 0.15) is 5.60 Å². The van der Waals surface area contributed by atoms with Crippen molar-refractivity contribution >= 4 is 12.1 Å². The van der Waals surface area contributed by atoms with Gasteiger partial charge in [0.25, 0.3) is 0 Å². The number of carboxylic acid groups (broad SMARTS) is 1. The molecule has 0 radical (unpaired) electrons. The molecule has 5 heteroatoms. The normalized spacial score (nSPS) is 17.2. The molecular weight excluding hydrogens is 318 g/mol. The Balaban J connectivity index is 1.98. The zero-order chi connectivity index (χ0) is 18.7. The molecule has 0 bridgehead atoms. The van der Waals surface area contributed by atoms with Crippen LogP contribution in [0.5, 0.6) is 0 Å². The molecule has 1 aromatic rings. The van der Waals surface area contributed by atoms with Gasteiger partial charge in [-0.05, 0) is 63.1 Å². The summed E-state index contributed by atoms with van der Waals surface area (Å²) in [5.41, 5.74) is 1.15. The largest absolute Gasteiger partial charge is 0.478 e. The number of carbonyl (C=O) groups is 2. The molecule has 1 aliphatic heterocycles. The number of carboxylic acids is 1. The Morgan fingerprint density at radius 1 is 1.16 bits per heavy atom. The van der Waals surface area contributed by atoms with Gasteiger partial charge in [-0.3, -0.25) is 0 Å². The predicted molar refractivity (Wildman–Crippen MR) is 96.9 cm³/mol. The Kier molecular flexibility index (Phi) is 5.76. The van der Waals surface area contributed by atoms with E-state index in [2.05, 4.69) is 6.92 Å². The van der Waals surface area contributed by atoms with Gasteiger partial charge < -0.3 is 14.7 Å². The molecule has 25 heavy (non-hydrogen) atoms. The van der Waals surface area contributed by atoms with E-state index in [4.69, 9.17) is 9.84 Å². The second-order valence-electron chi connectivity index (χ2n) is 8.00. The number of hydrogen-bond donors (Lipinski definition) is 1. The van der Waals surface area contributed by atoms with E-state index in [1.165, 1.54) is 0 Å². The highest BCUT2D eigenvalue weighted by Crippen LogP contribution is 2.38. The first-order valence-electron chi connectivity index (χ1n) is 8.94. The van der Waals surface area contributed by atoms with Crippen LogP contribution in [0.1, 0.15) is 62.9 Å². The van der Waals surface area contributed by atoms with Crippen LogP contribution in [-0.4, -0.2) is 40.8 Å². The molecule has 1 N–H and O–H groups in total. The molecule has 5 nitrogen and oxygen atoms in total. The summed E-state index contributed by atoms with van der Waals surface area (Å²) in [5.74, 6) is -0.901. The van der Waals surface area contributed by atoms with Crippen LogP contribution in [0.2, 0.25) is 0 Å². The average Bonchev–Trinajstić information content (AvgIpc) is 2.54. The van der Waals surface area contributed by atoms with E-state index in [9.17, 15) is 9.59 Å². The van der Waals surface area contributed by atoms with Gasteiger partial charge in [-0.2, -0.15) is 0 Å². The summed E-state index contributed by atoms with van der Waals surface area (Å²) < 4.78 is 5.46. The predicted octanol–water partition coefficient (Wildman–Crippen LogP) is 4.35. The topological polar surface area (TPSA) is 66.8 Å². The van der Waals surface area contributed by atoms with Gasteiger partial charge in [0.2, 0.25) is 0 Å².